The topological polar surface area (TPSA) is 79.8 Å². The van der Waals surface area contributed by atoms with E-state index in [1.165, 1.54) is 6.21 Å². The van der Waals surface area contributed by atoms with Crippen molar-refractivity contribution in [3.63, 3.8) is 0 Å². The fourth-order valence-electron chi connectivity index (χ4n) is 2.57. The number of amides is 2. The van der Waals surface area contributed by atoms with Crippen molar-refractivity contribution in [1.82, 2.24) is 5.43 Å². The van der Waals surface area contributed by atoms with E-state index in [1.807, 2.05) is 30.3 Å². The largest absolute Gasteiger partial charge is 0.489 e. The zero-order chi connectivity index (χ0) is 23.0. The summed E-state index contributed by atoms with van der Waals surface area (Å²) in [6.07, 6.45) is -3.16. The average molecular weight is 441 g/mol. The summed E-state index contributed by atoms with van der Waals surface area (Å²) in [4.78, 5) is 23.7. The minimum Gasteiger partial charge on any atom is -0.489 e. The van der Waals surface area contributed by atoms with Gasteiger partial charge >= 0.3 is 18.0 Å². The molecule has 0 aliphatic rings. The number of benzene rings is 3. The number of anilines is 1. The maximum absolute atomic E-state index is 12.6. The smallest absolute Gasteiger partial charge is 0.416 e. The van der Waals surface area contributed by atoms with Crippen molar-refractivity contribution in [2.75, 3.05) is 5.32 Å². The molecule has 3 rings (SSSR count). The summed E-state index contributed by atoms with van der Waals surface area (Å²) in [5, 5.41) is 5.92. The van der Waals surface area contributed by atoms with Gasteiger partial charge < -0.3 is 10.1 Å². The highest BCUT2D eigenvalue weighted by Crippen LogP contribution is 2.29. The van der Waals surface area contributed by atoms with E-state index in [9.17, 15) is 22.8 Å². The first-order chi connectivity index (χ1) is 15.3. The number of hydrazone groups is 1. The maximum atomic E-state index is 12.6. The van der Waals surface area contributed by atoms with Gasteiger partial charge in [0.1, 0.15) is 12.4 Å². The van der Waals surface area contributed by atoms with Crippen LogP contribution in [0.5, 0.6) is 5.75 Å². The van der Waals surface area contributed by atoms with Crippen LogP contribution < -0.4 is 15.5 Å². The molecule has 3 aromatic carbocycles. The molecule has 0 saturated carbocycles. The van der Waals surface area contributed by atoms with Crippen molar-refractivity contribution in [3.8, 4) is 5.75 Å². The van der Waals surface area contributed by atoms with Crippen LogP contribution in [0.2, 0.25) is 0 Å². The van der Waals surface area contributed by atoms with Gasteiger partial charge in [-0.15, -0.1) is 0 Å². The van der Waals surface area contributed by atoms with Gasteiger partial charge in [-0.1, -0.05) is 42.5 Å². The van der Waals surface area contributed by atoms with Crippen LogP contribution in [0.15, 0.2) is 84.0 Å². The fourth-order valence-corrected chi connectivity index (χ4v) is 2.57. The highest BCUT2D eigenvalue weighted by Gasteiger charge is 2.30. The molecule has 32 heavy (non-hydrogen) atoms. The monoisotopic (exact) mass is 441 g/mol. The third-order valence-electron chi connectivity index (χ3n) is 4.16. The van der Waals surface area contributed by atoms with E-state index < -0.39 is 23.6 Å². The number of ether oxygens (including phenoxy) is 1. The van der Waals surface area contributed by atoms with Crippen molar-refractivity contribution < 1.29 is 27.5 Å². The number of hydrogen-bond acceptors (Lipinski definition) is 4. The van der Waals surface area contributed by atoms with Crippen molar-refractivity contribution in [1.29, 1.82) is 0 Å². The molecule has 0 fully saturated rings. The Bertz CT molecular complexity index is 1100. The Hall–Kier alpha value is -4.14. The van der Waals surface area contributed by atoms with Gasteiger partial charge in [0, 0.05) is 5.69 Å². The summed E-state index contributed by atoms with van der Waals surface area (Å²) in [5.74, 6) is -1.54. The number of nitrogens with zero attached hydrogens (tertiary/aromatic N) is 1. The number of rotatable bonds is 6. The second-order valence-electron chi connectivity index (χ2n) is 6.58. The molecule has 9 heteroatoms. The first kappa shape index (κ1) is 22.5. The number of carbonyl (C=O) groups is 2. The van der Waals surface area contributed by atoms with Crippen LogP contribution in [0.3, 0.4) is 0 Å². The van der Waals surface area contributed by atoms with Crippen LogP contribution >= 0.6 is 0 Å². The van der Waals surface area contributed by atoms with E-state index in [2.05, 4.69) is 15.8 Å². The van der Waals surface area contributed by atoms with Crippen LogP contribution in [0, 0.1) is 0 Å². The van der Waals surface area contributed by atoms with Crippen LogP contribution in [-0.4, -0.2) is 18.0 Å². The van der Waals surface area contributed by atoms with Crippen LogP contribution in [0.1, 0.15) is 16.7 Å². The second kappa shape index (κ2) is 10.3. The van der Waals surface area contributed by atoms with Gasteiger partial charge in [-0.3, -0.25) is 9.59 Å². The Labute approximate surface area is 181 Å². The number of hydrogen-bond donors (Lipinski definition) is 2. The molecule has 0 unspecified atom stereocenters. The minimum atomic E-state index is -4.49. The summed E-state index contributed by atoms with van der Waals surface area (Å²) in [7, 11) is 0. The summed E-state index contributed by atoms with van der Waals surface area (Å²) >= 11 is 0. The fraction of sp³-hybridized carbons (Fsp3) is 0.0870. The molecular weight excluding hydrogens is 423 g/mol. The van der Waals surface area contributed by atoms with Crippen LogP contribution in [0.25, 0.3) is 0 Å². The molecule has 0 aromatic heterocycles. The lowest BCUT2D eigenvalue weighted by Crippen LogP contribution is -2.32. The van der Waals surface area contributed by atoms with Crippen LogP contribution in [-0.2, 0) is 22.4 Å². The molecular formula is C23H18F3N3O3. The molecule has 164 valence electrons. The Kier molecular flexibility index (Phi) is 7.22. The van der Waals surface area contributed by atoms with Gasteiger partial charge in [-0.2, -0.15) is 18.3 Å². The molecule has 0 aliphatic carbocycles. The van der Waals surface area contributed by atoms with Crippen molar-refractivity contribution >= 4 is 23.7 Å². The van der Waals surface area contributed by atoms with Crippen LogP contribution in [0.4, 0.5) is 18.9 Å². The quantitative estimate of drug-likeness (QED) is 0.339. The van der Waals surface area contributed by atoms with E-state index in [-0.39, 0.29) is 5.69 Å². The molecule has 0 radical (unpaired) electrons. The number of alkyl halides is 3. The van der Waals surface area contributed by atoms with E-state index in [1.54, 1.807) is 24.3 Å². The van der Waals surface area contributed by atoms with E-state index >= 15 is 0 Å². The highest BCUT2D eigenvalue weighted by molar-refractivity contribution is 6.39. The first-order valence-electron chi connectivity index (χ1n) is 9.40. The molecule has 0 atom stereocenters. The lowest BCUT2D eigenvalue weighted by Gasteiger charge is -2.08. The highest BCUT2D eigenvalue weighted by atomic mass is 19.4. The summed E-state index contributed by atoms with van der Waals surface area (Å²) in [6.45, 7) is 0.391. The van der Waals surface area contributed by atoms with Gasteiger partial charge in [0.05, 0.1) is 11.8 Å². The number of nitrogens with one attached hydrogen (secondary N) is 2. The molecule has 2 amide bonds. The summed E-state index contributed by atoms with van der Waals surface area (Å²) < 4.78 is 43.4. The summed E-state index contributed by atoms with van der Waals surface area (Å²) in [5.41, 5.74) is 2.88. The van der Waals surface area contributed by atoms with Crippen molar-refractivity contribution in [2.45, 2.75) is 12.8 Å². The molecule has 0 spiro atoms. The van der Waals surface area contributed by atoms with Gasteiger partial charge in [0.2, 0.25) is 0 Å². The van der Waals surface area contributed by atoms with Gasteiger partial charge in [0.25, 0.3) is 0 Å². The number of carbonyl (C=O) groups excluding carboxylic acids is 2. The lowest BCUT2D eigenvalue weighted by atomic mass is 10.2. The normalized spacial score (nSPS) is 11.2. The molecule has 0 aliphatic heterocycles. The molecule has 2 N–H and O–H groups in total. The molecule has 0 saturated heterocycles. The SMILES string of the molecule is O=C(NN=Cc1cccc(OCc2ccccc2)c1)C(=O)Nc1ccc(C(F)(F)F)cc1. The Morgan fingerprint density at radius 1 is 0.906 bits per heavy atom. The van der Waals surface area contributed by atoms with Gasteiger partial charge in [-0.25, -0.2) is 5.43 Å². The Morgan fingerprint density at radius 3 is 2.31 bits per heavy atom. The van der Waals surface area contributed by atoms with Gasteiger partial charge in [0.15, 0.2) is 0 Å². The first-order valence-corrected chi connectivity index (χ1v) is 9.40. The second-order valence-corrected chi connectivity index (χ2v) is 6.58. The van der Waals surface area contributed by atoms with E-state index in [0.29, 0.717) is 17.9 Å². The van der Waals surface area contributed by atoms with Crippen molar-refractivity contribution in [2.24, 2.45) is 5.10 Å². The minimum absolute atomic E-state index is 0.0467. The molecule has 0 bridgehead atoms. The number of halogens is 3. The molecule has 0 heterocycles. The van der Waals surface area contributed by atoms with Crippen molar-refractivity contribution in [3.05, 3.63) is 95.6 Å². The zero-order valence-corrected chi connectivity index (χ0v) is 16.6. The Morgan fingerprint density at radius 2 is 1.62 bits per heavy atom. The van der Waals surface area contributed by atoms with E-state index in [4.69, 9.17) is 4.74 Å². The maximum Gasteiger partial charge on any atom is 0.416 e. The average Bonchev–Trinajstić information content (AvgIpc) is 2.78. The zero-order valence-electron chi connectivity index (χ0n) is 16.6. The summed E-state index contributed by atoms with van der Waals surface area (Å²) in [6, 6.07) is 20.3. The van der Waals surface area contributed by atoms with E-state index in [0.717, 1.165) is 29.8 Å². The molecule has 6 nitrogen and oxygen atoms in total. The standard InChI is InChI=1S/C23H18F3N3O3/c24-23(25,26)18-9-11-19(12-10-18)28-21(30)22(31)29-27-14-17-7-4-8-20(13-17)32-15-16-5-2-1-3-6-16/h1-14H,15H2,(H,28,30)(H,29,31). The Balaban J connectivity index is 1.50. The van der Waals surface area contributed by atoms with Gasteiger partial charge in [-0.05, 0) is 47.5 Å². The lowest BCUT2D eigenvalue weighted by molar-refractivity contribution is -0.137. The predicted molar refractivity (Wildman–Crippen MR) is 113 cm³/mol. The molecule has 3 aromatic rings. The predicted octanol–water partition coefficient (Wildman–Crippen LogP) is 4.37. The third kappa shape index (κ3) is 6.69. The third-order valence-corrected chi connectivity index (χ3v) is 4.16.